The summed E-state index contributed by atoms with van der Waals surface area (Å²) in [5.74, 6) is -0.558. The van der Waals surface area contributed by atoms with E-state index in [9.17, 15) is 14.0 Å². The third-order valence-electron chi connectivity index (χ3n) is 5.15. The minimum atomic E-state index is -0.429. The van der Waals surface area contributed by atoms with Crippen LogP contribution in [0.25, 0.3) is 0 Å². The van der Waals surface area contributed by atoms with E-state index >= 15 is 0 Å². The van der Waals surface area contributed by atoms with E-state index in [1.807, 2.05) is 24.6 Å². The van der Waals surface area contributed by atoms with Gasteiger partial charge in [0.25, 0.3) is 0 Å². The van der Waals surface area contributed by atoms with Crippen molar-refractivity contribution in [1.82, 2.24) is 14.7 Å². The molecule has 2 N–H and O–H groups in total. The molecule has 3 amide bonds. The third kappa shape index (κ3) is 3.39. The number of aryl methyl sites for hydroxylation is 3. The van der Waals surface area contributed by atoms with Gasteiger partial charge >= 0.3 is 6.03 Å². The van der Waals surface area contributed by atoms with Crippen molar-refractivity contribution in [2.45, 2.75) is 39.2 Å². The van der Waals surface area contributed by atoms with Gasteiger partial charge in [0.2, 0.25) is 5.91 Å². The van der Waals surface area contributed by atoms with Crippen LogP contribution in [0.1, 0.15) is 35.8 Å². The Balaban J connectivity index is 1.50. The van der Waals surface area contributed by atoms with Crippen LogP contribution in [0.3, 0.4) is 0 Å². The number of carbonyl (C=O) groups is 2. The first-order valence-corrected chi connectivity index (χ1v) is 9.11. The van der Waals surface area contributed by atoms with E-state index in [-0.39, 0.29) is 18.0 Å². The SMILES string of the molecule is Cc1cc(C)n([C@H]2CCN(C(=O)Nc3cc(F)cc4c3NC(=O)CC4)C2)n1. The normalized spacial score (nSPS) is 19.0. The molecule has 0 saturated carbocycles. The van der Waals surface area contributed by atoms with Crippen LogP contribution >= 0.6 is 0 Å². The summed E-state index contributed by atoms with van der Waals surface area (Å²) in [6.45, 7) is 5.09. The first-order valence-electron chi connectivity index (χ1n) is 9.11. The van der Waals surface area contributed by atoms with E-state index in [1.54, 1.807) is 4.90 Å². The molecule has 1 aromatic heterocycles. The molecular weight excluding hydrogens is 349 g/mol. The number of benzene rings is 1. The summed E-state index contributed by atoms with van der Waals surface area (Å²) in [5.41, 5.74) is 3.53. The molecule has 2 aliphatic rings. The van der Waals surface area contributed by atoms with E-state index in [4.69, 9.17) is 0 Å². The molecule has 27 heavy (non-hydrogen) atoms. The molecule has 7 nitrogen and oxygen atoms in total. The van der Waals surface area contributed by atoms with E-state index in [1.165, 1.54) is 12.1 Å². The maximum Gasteiger partial charge on any atom is 0.321 e. The summed E-state index contributed by atoms with van der Waals surface area (Å²) < 4.78 is 15.9. The number of hydrogen-bond acceptors (Lipinski definition) is 3. The highest BCUT2D eigenvalue weighted by molar-refractivity contribution is 6.01. The Morgan fingerprint density at radius 2 is 2.11 bits per heavy atom. The zero-order valence-corrected chi connectivity index (χ0v) is 15.4. The van der Waals surface area contributed by atoms with Crippen LogP contribution < -0.4 is 10.6 Å². The molecule has 4 rings (SSSR count). The van der Waals surface area contributed by atoms with Crippen molar-refractivity contribution in [2.24, 2.45) is 0 Å². The number of urea groups is 1. The van der Waals surface area contributed by atoms with Gasteiger partial charge < -0.3 is 15.5 Å². The van der Waals surface area contributed by atoms with Crippen molar-refractivity contribution in [2.75, 3.05) is 23.7 Å². The quantitative estimate of drug-likeness (QED) is 0.852. The number of nitrogens with one attached hydrogen (secondary N) is 2. The highest BCUT2D eigenvalue weighted by Gasteiger charge is 2.30. The van der Waals surface area contributed by atoms with Gasteiger partial charge in [0.05, 0.1) is 23.1 Å². The first-order chi connectivity index (χ1) is 12.9. The molecule has 142 valence electrons. The third-order valence-corrected chi connectivity index (χ3v) is 5.15. The molecule has 1 atom stereocenters. The monoisotopic (exact) mass is 371 g/mol. The van der Waals surface area contributed by atoms with Crippen LogP contribution in [0, 0.1) is 19.7 Å². The Bertz CT molecular complexity index is 923. The molecule has 0 unspecified atom stereocenters. The van der Waals surface area contributed by atoms with Gasteiger partial charge in [0.15, 0.2) is 0 Å². The maximum atomic E-state index is 13.9. The fraction of sp³-hybridized carbons (Fsp3) is 0.421. The van der Waals surface area contributed by atoms with Crippen molar-refractivity contribution in [1.29, 1.82) is 0 Å². The van der Waals surface area contributed by atoms with Crippen LogP contribution in [-0.2, 0) is 11.2 Å². The summed E-state index contributed by atoms with van der Waals surface area (Å²) in [6.07, 6.45) is 1.60. The minimum Gasteiger partial charge on any atom is -0.324 e. The molecule has 0 radical (unpaired) electrons. The molecule has 8 heteroatoms. The number of amides is 3. The number of nitrogens with zero attached hydrogens (tertiary/aromatic N) is 3. The summed E-state index contributed by atoms with van der Waals surface area (Å²) in [7, 11) is 0. The average molecular weight is 371 g/mol. The van der Waals surface area contributed by atoms with E-state index in [2.05, 4.69) is 15.7 Å². The highest BCUT2D eigenvalue weighted by Crippen LogP contribution is 2.32. The Morgan fingerprint density at radius 3 is 2.85 bits per heavy atom. The van der Waals surface area contributed by atoms with Crippen molar-refractivity contribution in [3.05, 3.63) is 41.0 Å². The van der Waals surface area contributed by atoms with Crippen LogP contribution in [-0.4, -0.2) is 39.7 Å². The fourth-order valence-corrected chi connectivity index (χ4v) is 3.89. The summed E-state index contributed by atoms with van der Waals surface area (Å²) in [4.78, 5) is 26.1. The molecule has 0 spiro atoms. The second-order valence-electron chi connectivity index (χ2n) is 7.23. The predicted octanol–water partition coefficient (Wildman–Crippen LogP) is 3.00. The number of carbonyl (C=O) groups excluding carboxylic acids is 2. The van der Waals surface area contributed by atoms with Gasteiger partial charge in [-0.15, -0.1) is 0 Å². The van der Waals surface area contributed by atoms with E-state index < -0.39 is 5.82 Å². The topological polar surface area (TPSA) is 79.3 Å². The van der Waals surface area contributed by atoms with E-state index in [0.717, 1.165) is 17.8 Å². The molecular formula is C19H22FN5O2. The zero-order valence-electron chi connectivity index (χ0n) is 15.4. The molecule has 2 aromatic rings. The summed E-state index contributed by atoms with van der Waals surface area (Å²) in [5, 5.41) is 10.0. The Hall–Kier alpha value is -2.90. The second-order valence-corrected chi connectivity index (χ2v) is 7.23. The molecule has 2 aliphatic heterocycles. The number of anilines is 2. The lowest BCUT2D eigenvalue weighted by Gasteiger charge is -2.23. The van der Waals surface area contributed by atoms with Gasteiger partial charge in [-0.05, 0) is 50.5 Å². The molecule has 0 bridgehead atoms. The van der Waals surface area contributed by atoms with E-state index in [0.29, 0.717) is 42.9 Å². The number of rotatable bonds is 2. The predicted molar refractivity (Wildman–Crippen MR) is 99.3 cm³/mol. The summed E-state index contributed by atoms with van der Waals surface area (Å²) >= 11 is 0. The number of hydrogen-bond donors (Lipinski definition) is 2. The number of halogens is 1. The van der Waals surface area contributed by atoms with Gasteiger partial charge in [-0.2, -0.15) is 5.10 Å². The lowest BCUT2D eigenvalue weighted by molar-refractivity contribution is -0.116. The maximum absolute atomic E-state index is 13.9. The molecule has 1 fully saturated rings. The van der Waals surface area contributed by atoms with Crippen molar-refractivity contribution in [3.8, 4) is 0 Å². The van der Waals surface area contributed by atoms with Crippen LogP contribution in [0.4, 0.5) is 20.6 Å². The lowest BCUT2D eigenvalue weighted by Crippen LogP contribution is -2.34. The molecule has 0 aliphatic carbocycles. The Labute approximate surface area is 156 Å². The smallest absolute Gasteiger partial charge is 0.321 e. The molecule has 1 aromatic carbocycles. The lowest BCUT2D eigenvalue weighted by atomic mass is 10.0. The molecule has 1 saturated heterocycles. The van der Waals surface area contributed by atoms with Gasteiger partial charge in [-0.25, -0.2) is 9.18 Å². The number of aromatic nitrogens is 2. The number of likely N-dealkylation sites (tertiary alicyclic amines) is 1. The van der Waals surface area contributed by atoms with Crippen LogP contribution in [0.5, 0.6) is 0 Å². The van der Waals surface area contributed by atoms with Gasteiger partial charge in [0, 0.05) is 25.2 Å². The average Bonchev–Trinajstić information content (AvgIpc) is 3.21. The minimum absolute atomic E-state index is 0.129. The van der Waals surface area contributed by atoms with Gasteiger partial charge in [-0.1, -0.05) is 0 Å². The van der Waals surface area contributed by atoms with Gasteiger partial charge in [0.1, 0.15) is 5.82 Å². The van der Waals surface area contributed by atoms with Gasteiger partial charge in [-0.3, -0.25) is 9.48 Å². The first kappa shape index (κ1) is 17.5. The second kappa shape index (κ2) is 6.68. The van der Waals surface area contributed by atoms with Crippen molar-refractivity contribution in [3.63, 3.8) is 0 Å². The zero-order chi connectivity index (χ0) is 19.1. The van der Waals surface area contributed by atoms with Crippen molar-refractivity contribution >= 4 is 23.3 Å². The molecule has 3 heterocycles. The Kier molecular flexibility index (Phi) is 4.33. The highest BCUT2D eigenvalue weighted by atomic mass is 19.1. The van der Waals surface area contributed by atoms with Crippen LogP contribution in [0.15, 0.2) is 18.2 Å². The summed E-state index contributed by atoms with van der Waals surface area (Å²) in [6, 6.07) is 4.50. The van der Waals surface area contributed by atoms with Crippen molar-refractivity contribution < 1.29 is 14.0 Å². The fourth-order valence-electron chi connectivity index (χ4n) is 3.89. The largest absolute Gasteiger partial charge is 0.324 e. The van der Waals surface area contributed by atoms with Crippen LogP contribution in [0.2, 0.25) is 0 Å². The number of fused-ring (bicyclic) bond motifs is 1. The standard InChI is InChI=1S/C19H22FN5O2/c1-11-7-12(2)25(23-11)15-5-6-24(10-15)19(27)21-16-9-14(20)8-13-3-4-17(26)22-18(13)16/h7-9,15H,3-6,10H2,1-2H3,(H,21,27)(H,22,26)/t15-/m0/s1. The Morgan fingerprint density at radius 1 is 1.30 bits per heavy atom.